The van der Waals surface area contributed by atoms with Gasteiger partial charge in [-0.3, -0.25) is 14.4 Å². The van der Waals surface area contributed by atoms with Crippen molar-refractivity contribution in [3.05, 3.63) is 85.1 Å². The highest BCUT2D eigenvalue weighted by molar-refractivity contribution is 5.71. The van der Waals surface area contributed by atoms with Crippen LogP contribution in [0.3, 0.4) is 0 Å². The van der Waals surface area contributed by atoms with Crippen LogP contribution in [0.1, 0.15) is 367 Å². The topological polar surface area (TPSA) is 78.9 Å². The van der Waals surface area contributed by atoms with Crippen LogP contribution in [0, 0.1) is 0 Å². The van der Waals surface area contributed by atoms with Gasteiger partial charge in [-0.15, -0.1) is 0 Å². The number of hydrogen-bond donors (Lipinski definition) is 0. The summed E-state index contributed by atoms with van der Waals surface area (Å²) >= 11 is 0. The van der Waals surface area contributed by atoms with Gasteiger partial charge in [-0.25, -0.2) is 0 Å². The highest BCUT2D eigenvalue weighted by Gasteiger charge is 2.19. The molecule has 0 rings (SSSR count). The van der Waals surface area contributed by atoms with Gasteiger partial charge in [-0.05, 0) is 96.3 Å². The van der Waals surface area contributed by atoms with Crippen LogP contribution in [0.15, 0.2) is 85.1 Å². The van der Waals surface area contributed by atoms with E-state index in [1.54, 1.807) is 0 Å². The van der Waals surface area contributed by atoms with Crippen molar-refractivity contribution in [3.63, 3.8) is 0 Å². The third-order valence-corrected chi connectivity index (χ3v) is 15.9. The minimum absolute atomic E-state index is 0.0742. The summed E-state index contributed by atoms with van der Waals surface area (Å²) in [6, 6.07) is 0. The van der Waals surface area contributed by atoms with Gasteiger partial charge in [0.15, 0.2) is 6.10 Å². The minimum Gasteiger partial charge on any atom is -0.462 e. The average Bonchev–Trinajstić information content (AvgIpc) is 3.49. The largest absolute Gasteiger partial charge is 0.462 e. The first-order valence-corrected chi connectivity index (χ1v) is 36.1. The number of carbonyl (C=O) groups is 3. The van der Waals surface area contributed by atoms with Crippen LogP contribution < -0.4 is 0 Å². The van der Waals surface area contributed by atoms with E-state index in [0.29, 0.717) is 19.3 Å². The first-order valence-electron chi connectivity index (χ1n) is 36.1. The van der Waals surface area contributed by atoms with Crippen molar-refractivity contribution in [2.75, 3.05) is 13.2 Å². The summed E-state index contributed by atoms with van der Waals surface area (Å²) in [6.07, 6.45) is 94.8. The van der Waals surface area contributed by atoms with Gasteiger partial charge in [-0.2, -0.15) is 0 Å². The van der Waals surface area contributed by atoms with Crippen LogP contribution >= 0.6 is 0 Å². The Kier molecular flexibility index (Phi) is 68.2. The van der Waals surface area contributed by atoms with Gasteiger partial charge in [0.1, 0.15) is 13.2 Å². The predicted octanol–water partition coefficient (Wildman–Crippen LogP) is 25.0. The lowest BCUT2D eigenvalue weighted by Gasteiger charge is -2.18. The van der Waals surface area contributed by atoms with E-state index in [1.165, 1.54) is 225 Å². The first kappa shape index (κ1) is 79.6. The Hall–Kier alpha value is -3.41. The summed E-state index contributed by atoms with van der Waals surface area (Å²) < 4.78 is 17.0. The molecule has 6 heteroatoms. The van der Waals surface area contributed by atoms with Crippen LogP contribution in [-0.2, 0) is 28.6 Å². The molecule has 0 saturated heterocycles. The van der Waals surface area contributed by atoms with Gasteiger partial charge in [0, 0.05) is 19.3 Å². The van der Waals surface area contributed by atoms with Crippen molar-refractivity contribution in [1.82, 2.24) is 0 Å². The Balaban J connectivity index is 4.18. The fraction of sp³-hybridized carbons (Fsp3) is 0.779. The Morgan fingerprint density at radius 2 is 0.470 bits per heavy atom. The van der Waals surface area contributed by atoms with E-state index < -0.39 is 6.10 Å². The molecule has 480 valence electrons. The maximum atomic E-state index is 12.9. The van der Waals surface area contributed by atoms with Gasteiger partial charge in [0.2, 0.25) is 0 Å². The molecule has 0 spiro atoms. The molecule has 0 aromatic carbocycles. The smallest absolute Gasteiger partial charge is 0.306 e. The molecule has 0 aromatic rings. The van der Waals surface area contributed by atoms with E-state index >= 15 is 0 Å². The molecular weight excluding hydrogens is 1020 g/mol. The molecule has 1 atom stereocenters. The van der Waals surface area contributed by atoms with Crippen LogP contribution in [-0.4, -0.2) is 37.2 Å². The molecule has 0 amide bonds. The van der Waals surface area contributed by atoms with Gasteiger partial charge in [-0.1, -0.05) is 337 Å². The monoisotopic (exact) mass is 1160 g/mol. The number of ether oxygens (including phenoxy) is 3. The van der Waals surface area contributed by atoms with Gasteiger partial charge in [0.05, 0.1) is 0 Å². The molecule has 6 nitrogen and oxygen atoms in total. The third-order valence-electron chi connectivity index (χ3n) is 15.9. The highest BCUT2D eigenvalue weighted by atomic mass is 16.6. The number of hydrogen-bond acceptors (Lipinski definition) is 6. The molecule has 0 saturated carbocycles. The maximum Gasteiger partial charge on any atom is 0.306 e. The number of allylic oxidation sites excluding steroid dienone is 14. The van der Waals surface area contributed by atoms with Crippen molar-refractivity contribution in [2.45, 2.75) is 374 Å². The zero-order chi connectivity index (χ0) is 59.9. The Labute approximate surface area is 515 Å². The molecule has 1 unspecified atom stereocenters. The lowest BCUT2D eigenvalue weighted by atomic mass is 10.0. The fourth-order valence-corrected chi connectivity index (χ4v) is 10.5. The summed E-state index contributed by atoms with van der Waals surface area (Å²) in [5.41, 5.74) is 0. The van der Waals surface area contributed by atoms with Gasteiger partial charge < -0.3 is 14.2 Å². The SMILES string of the molecule is CC/C=C\C/C=C\C/C=C\C/C=C\C/C=C\C/C=C\CCCCCCCCCCCCCCCCC(=O)OCC(COC(=O)CCCCCCC/C=C\CCCCC)OC(=O)CCCCCCCCCCCCCCCCCCCCCC. The lowest BCUT2D eigenvalue weighted by Crippen LogP contribution is -2.30. The van der Waals surface area contributed by atoms with Crippen LogP contribution in [0.4, 0.5) is 0 Å². The number of unbranched alkanes of at least 4 members (excludes halogenated alkanes) is 41. The highest BCUT2D eigenvalue weighted by Crippen LogP contribution is 2.18. The van der Waals surface area contributed by atoms with Crippen molar-refractivity contribution in [2.24, 2.45) is 0 Å². The minimum atomic E-state index is -0.778. The molecule has 83 heavy (non-hydrogen) atoms. The van der Waals surface area contributed by atoms with Crippen molar-refractivity contribution in [1.29, 1.82) is 0 Å². The third kappa shape index (κ3) is 69.3. The zero-order valence-corrected chi connectivity index (χ0v) is 55.2. The van der Waals surface area contributed by atoms with E-state index in [4.69, 9.17) is 14.2 Å². The van der Waals surface area contributed by atoms with E-state index in [2.05, 4.69) is 106 Å². The summed E-state index contributed by atoms with van der Waals surface area (Å²) in [5.74, 6) is -0.862. The van der Waals surface area contributed by atoms with E-state index in [0.717, 1.165) is 103 Å². The van der Waals surface area contributed by atoms with E-state index in [1.807, 2.05) is 0 Å². The second-order valence-electron chi connectivity index (χ2n) is 24.1. The number of carbonyl (C=O) groups excluding carboxylic acids is 3. The lowest BCUT2D eigenvalue weighted by molar-refractivity contribution is -0.167. The molecule has 0 bridgehead atoms. The molecule has 0 fully saturated rings. The van der Waals surface area contributed by atoms with Crippen molar-refractivity contribution < 1.29 is 28.6 Å². The Bertz CT molecular complexity index is 1570. The van der Waals surface area contributed by atoms with Gasteiger partial charge in [0.25, 0.3) is 0 Å². The summed E-state index contributed by atoms with van der Waals surface area (Å²) in [7, 11) is 0. The normalized spacial score (nSPS) is 12.6. The van der Waals surface area contributed by atoms with Gasteiger partial charge >= 0.3 is 17.9 Å². The molecule has 0 aromatic heterocycles. The Morgan fingerprint density at radius 1 is 0.253 bits per heavy atom. The molecule has 0 radical (unpaired) electrons. The molecular formula is C77H136O6. The molecule has 0 aliphatic carbocycles. The molecule has 0 aliphatic heterocycles. The standard InChI is InChI=1S/C77H136O6/c1-4-7-10-13-16-19-22-25-27-29-31-33-34-35-36-37-38-39-40-41-42-43-44-45-47-48-50-52-55-58-61-64-67-70-76(79)82-73-74(72-81-75(78)69-66-63-60-57-54-24-21-18-15-12-9-6-3)83-77(80)71-68-65-62-59-56-53-51-49-46-32-30-28-26-23-20-17-14-11-8-5-2/h7,10,16,18-19,21,25,27,31,33,35-36,38-39,74H,4-6,8-9,11-15,17,20,22-24,26,28-30,32,34,37,40-73H2,1-3H3/b10-7-,19-16-,21-18-,27-25-,33-31-,36-35-,39-38-. The van der Waals surface area contributed by atoms with Crippen molar-refractivity contribution >= 4 is 17.9 Å². The van der Waals surface area contributed by atoms with Crippen molar-refractivity contribution in [3.8, 4) is 0 Å². The van der Waals surface area contributed by atoms with E-state index in [9.17, 15) is 14.4 Å². The molecule has 0 heterocycles. The molecule has 0 N–H and O–H groups in total. The average molecular weight is 1160 g/mol. The predicted molar refractivity (Wildman–Crippen MR) is 362 cm³/mol. The number of rotatable bonds is 66. The Morgan fingerprint density at radius 3 is 0.771 bits per heavy atom. The fourth-order valence-electron chi connectivity index (χ4n) is 10.5. The maximum absolute atomic E-state index is 12.9. The quantitative estimate of drug-likeness (QED) is 0.0261. The number of esters is 3. The first-order chi connectivity index (χ1) is 41.0. The summed E-state index contributed by atoms with van der Waals surface area (Å²) in [4.78, 5) is 38.4. The summed E-state index contributed by atoms with van der Waals surface area (Å²) in [5, 5.41) is 0. The van der Waals surface area contributed by atoms with E-state index in [-0.39, 0.29) is 31.1 Å². The van der Waals surface area contributed by atoms with Crippen LogP contribution in [0.25, 0.3) is 0 Å². The second kappa shape index (κ2) is 71.1. The zero-order valence-electron chi connectivity index (χ0n) is 55.2. The molecule has 0 aliphatic rings. The van der Waals surface area contributed by atoms with Crippen LogP contribution in [0.2, 0.25) is 0 Å². The summed E-state index contributed by atoms with van der Waals surface area (Å²) in [6.45, 7) is 6.55. The van der Waals surface area contributed by atoms with Crippen LogP contribution in [0.5, 0.6) is 0 Å². The second-order valence-corrected chi connectivity index (χ2v) is 24.1.